The maximum atomic E-state index is 11.3. The average molecular weight is 276 g/mol. The van der Waals surface area contributed by atoms with Crippen molar-refractivity contribution in [1.82, 2.24) is 4.98 Å². The van der Waals surface area contributed by atoms with Crippen LogP contribution in [0.15, 0.2) is 36.5 Å². The fourth-order valence-corrected chi connectivity index (χ4v) is 2.61. The molecule has 0 aliphatic heterocycles. The molecule has 0 saturated carbocycles. The molecule has 0 bridgehead atoms. The van der Waals surface area contributed by atoms with Gasteiger partial charge in [0.1, 0.15) is 4.88 Å². The van der Waals surface area contributed by atoms with Gasteiger partial charge >= 0.3 is 5.97 Å². The third-order valence-corrected chi connectivity index (χ3v) is 3.56. The van der Waals surface area contributed by atoms with E-state index < -0.39 is 0 Å². The summed E-state index contributed by atoms with van der Waals surface area (Å²) in [4.78, 5) is 16.0. The van der Waals surface area contributed by atoms with Gasteiger partial charge in [-0.05, 0) is 18.9 Å². The minimum atomic E-state index is -0.346. The Labute approximate surface area is 116 Å². The highest BCUT2D eigenvalue weighted by atomic mass is 32.1. The Kier molecular flexibility index (Phi) is 4.52. The molecule has 0 radical (unpaired) electrons. The van der Waals surface area contributed by atoms with E-state index in [4.69, 9.17) is 0 Å². The second kappa shape index (κ2) is 6.33. The van der Waals surface area contributed by atoms with Gasteiger partial charge in [-0.2, -0.15) is 0 Å². The summed E-state index contributed by atoms with van der Waals surface area (Å²) in [6, 6.07) is 10.5. The van der Waals surface area contributed by atoms with E-state index in [1.54, 1.807) is 0 Å². The molecule has 2 aromatic rings. The van der Waals surface area contributed by atoms with Gasteiger partial charge in [-0.3, -0.25) is 0 Å². The van der Waals surface area contributed by atoms with E-state index in [-0.39, 0.29) is 12.0 Å². The molecule has 1 unspecified atom stereocenters. The summed E-state index contributed by atoms with van der Waals surface area (Å²) < 4.78 is 4.65. The van der Waals surface area contributed by atoms with Gasteiger partial charge in [-0.1, -0.05) is 41.7 Å². The Hall–Kier alpha value is -1.88. The number of hydrogen-bond donors (Lipinski definition) is 1. The van der Waals surface area contributed by atoms with Crippen molar-refractivity contribution >= 4 is 22.4 Å². The third kappa shape index (κ3) is 3.79. The van der Waals surface area contributed by atoms with Crippen LogP contribution in [0.25, 0.3) is 0 Å². The number of hydrogen-bond acceptors (Lipinski definition) is 5. The molecule has 0 saturated heterocycles. The summed E-state index contributed by atoms with van der Waals surface area (Å²) in [5, 5.41) is 4.03. The Morgan fingerprint density at radius 1 is 1.42 bits per heavy atom. The maximum Gasteiger partial charge on any atom is 0.349 e. The zero-order valence-corrected chi connectivity index (χ0v) is 11.7. The molecule has 100 valence electrons. The van der Waals surface area contributed by atoms with Crippen LogP contribution in [0.3, 0.4) is 0 Å². The molecule has 0 amide bonds. The number of anilines is 1. The first-order valence-corrected chi connectivity index (χ1v) is 6.85. The molecule has 19 heavy (non-hydrogen) atoms. The van der Waals surface area contributed by atoms with Gasteiger partial charge in [0, 0.05) is 6.04 Å². The Morgan fingerprint density at radius 3 is 2.84 bits per heavy atom. The lowest BCUT2D eigenvalue weighted by Crippen LogP contribution is -2.17. The lowest BCUT2D eigenvalue weighted by atomic mass is 10.1. The molecule has 4 nitrogen and oxygen atoms in total. The summed E-state index contributed by atoms with van der Waals surface area (Å²) in [6.07, 6.45) is 2.45. The molecular formula is C14H16N2O2S. The van der Waals surface area contributed by atoms with Crippen molar-refractivity contribution in [2.45, 2.75) is 19.4 Å². The van der Waals surface area contributed by atoms with Crippen molar-refractivity contribution in [1.29, 1.82) is 0 Å². The molecule has 1 N–H and O–H groups in total. The van der Waals surface area contributed by atoms with Crippen molar-refractivity contribution < 1.29 is 9.53 Å². The van der Waals surface area contributed by atoms with Crippen molar-refractivity contribution in [3.8, 4) is 0 Å². The van der Waals surface area contributed by atoms with E-state index in [0.717, 1.165) is 11.6 Å². The van der Waals surface area contributed by atoms with E-state index in [1.165, 1.54) is 30.2 Å². The van der Waals surface area contributed by atoms with Gasteiger partial charge in [0.15, 0.2) is 5.13 Å². The lowest BCUT2D eigenvalue weighted by Gasteiger charge is -2.12. The first kappa shape index (κ1) is 13.5. The largest absolute Gasteiger partial charge is 0.465 e. The predicted octanol–water partition coefficient (Wildman–Crippen LogP) is 2.97. The molecule has 1 heterocycles. The fourth-order valence-electron chi connectivity index (χ4n) is 1.77. The molecule has 0 fully saturated rings. The first-order chi connectivity index (χ1) is 9.19. The standard InChI is InChI=1S/C14H16N2O2S/c1-10(8-11-6-4-3-5-7-11)16-14-15-9-12(19-14)13(17)18-2/h3-7,9-10H,8H2,1-2H3,(H,15,16). The minimum absolute atomic E-state index is 0.249. The Morgan fingerprint density at radius 2 is 2.16 bits per heavy atom. The monoisotopic (exact) mass is 276 g/mol. The summed E-state index contributed by atoms with van der Waals surface area (Å²) in [5.41, 5.74) is 1.27. The van der Waals surface area contributed by atoms with E-state index in [9.17, 15) is 4.79 Å². The second-order valence-electron chi connectivity index (χ2n) is 4.26. The number of thiazole rings is 1. The second-order valence-corrected chi connectivity index (χ2v) is 5.29. The van der Waals surface area contributed by atoms with E-state index in [1.807, 2.05) is 18.2 Å². The predicted molar refractivity (Wildman–Crippen MR) is 76.7 cm³/mol. The SMILES string of the molecule is COC(=O)c1cnc(NC(C)Cc2ccccc2)s1. The van der Waals surface area contributed by atoms with Gasteiger partial charge in [-0.15, -0.1) is 0 Å². The zero-order valence-electron chi connectivity index (χ0n) is 10.9. The number of esters is 1. The zero-order chi connectivity index (χ0) is 13.7. The summed E-state index contributed by atoms with van der Waals surface area (Å²) in [7, 11) is 1.37. The quantitative estimate of drug-likeness (QED) is 0.853. The van der Waals surface area contributed by atoms with Crippen LogP contribution in [0, 0.1) is 0 Å². The number of aromatic nitrogens is 1. The number of ether oxygens (including phenoxy) is 1. The van der Waals surface area contributed by atoms with Crippen LogP contribution >= 0.6 is 11.3 Å². The summed E-state index contributed by atoms with van der Waals surface area (Å²) in [6.45, 7) is 2.09. The fraction of sp³-hybridized carbons (Fsp3) is 0.286. The topological polar surface area (TPSA) is 51.2 Å². The van der Waals surface area contributed by atoms with Gasteiger partial charge in [-0.25, -0.2) is 9.78 Å². The van der Waals surface area contributed by atoms with Crippen molar-refractivity contribution in [2.75, 3.05) is 12.4 Å². The Bertz CT molecular complexity index is 539. The molecule has 1 aromatic heterocycles. The molecule has 1 aromatic carbocycles. The van der Waals surface area contributed by atoms with E-state index in [0.29, 0.717) is 4.88 Å². The number of nitrogens with zero attached hydrogens (tertiary/aromatic N) is 1. The van der Waals surface area contributed by atoms with Gasteiger partial charge in [0.25, 0.3) is 0 Å². The van der Waals surface area contributed by atoms with Crippen LogP contribution in [0.4, 0.5) is 5.13 Å². The first-order valence-electron chi connectivity index (χ1n) is 6.03. The van der Waals surface area contributed by atoms with Crippen LogP contribution in [-0.4, -0.2) is 24.1 Å². The van der Waals surface area contributed by atoms with Crippen LogP contribution < -0.4 is 5.32 Å². The van der Waals surface area contributed by atoms with Crippen molar-refractivity contribution in [3.05, 3.63) is 47.0 Å². The number of carbonyl (C=O) groups is 1. The van der Waals surface area contributed by atoms with Gasteiger partial charge in [0.2, 0.25) is 0 Å². The average Bonchev–Trinajstić information content (AvgIpc) is 2.87. The normalized spacial score (nSPS) is 11.9. The number of nitrogens with one attached hydrogen (secondary N) is 1. The number of rotatable bonds is 5. The highest BCUT2D eigenvalue weighted by Crippen LogP contribution is 2.20. The van der Waals surface area contributed by atoms with Crippen LogP contribution in [0.5, 0.6) is 0 Å². The molecule has 2 rings (SSSR count). The van der Waals surface area contributed by atoms with Crippen molar-refractivity contribution in [2.24, 2.45) is 0 Å². The van der Waals surface area contributed by atoms with Crippen LogP contribution in [-0.2, 0) is 11.2 Å². The lowest BCUT2D eigenvalue weighted by molar-refractivity contribution is 0.0606. The van der Waals surface area contributed by atoms with Gasteiger partial charge < -0.3 is 10.1 Å². The summed E-state index contributed by atoms with van der Waals surface area (Å²) >= 11 is 1.31. The number of benzene rings is 1. The molecule has 0 spiro atoms. The van der Waals surface area contributed by atoms with Crippen LogP contribution in [0.1, 0.15) is 22.2 Å². The number of carbonyl (C=O) groups excluding carboxylic acids is 1. The third-order valence-electron chi connectivity index (χ3n) is 2.65. The smallest absolute Gasteiger partial charge is 0.349 e. The van der Waals surface area contributed by atoms with E-state index >= 15 is 0 Å². The molecule has 5 heteroatoms. The highest BCUT2D eigenvalue weighted by Gasteiger charge is 2.12. The molecule has 0 aliphatic rings. The molecular weight excluding hydrogens is 260 g/mol. The highest BCUT2D eigenvalue weighted by molar-refractivity contribution is 7.17. The van der Waals surface area contributed by atoms with E-state index in [2.05, 4.69) is 34.1 Å². The van der Waals surface area contributed by atoms with Crippen molar-refractivity contribution in [3.63, 3.8) is 0 Å². The Balaban J connectivity index is 1.94. The number of methoxy groups -OCH3 is 1. The molecule has 1 atom stereocenters. The van der Waals surface area contributed by atoms with Gasteiger partial charge in [0.05, 0.1) is 13.3 Å². The summed E-state index contributed by atoms with van der Waals surface area (Å²) in [5.74, 6) is -0.346. The minimum Gasteiger partial charge on any atom is -0.465 e. The van der Waals surface area contributed by atoms with Crippen LogP contribution in [0.2, 0.25) is 0 Å². The molecule has 0 aliphatic carbocycles. The maximum absolute atomic E-state index is 11.3.